The number of fused-ring (bicyclic) bond motifs is 1. The maximum absolute atomic E-state index is 6.07. The Morgan fingerprint density at radius 2 is 1.95 bits per heavy atom. The maximum Gasteiger partial charge on any atom is 0.0620 e. The van der Waals surface area contributed by atoms with E-state index in [1.54, 1.807) is 0 Å². The number of hydrogen-bond acceptors (Lipinski definition) is 3. The van der Waals surface area contributed by atoms with Gasteiger partial charge in [-0.05, 0) is 24.1 Å². The van der Waals surface area contributed by atoms with Gasteiger partial charge in [-0.3, -0.25) is 4.90 Å². The Bertz CT molecular complexity index is 580. The van der Waals surface area contributed by atoms with Crippen molar-refractivity contribution in [1.82, 2.24) is 4.90 Å². The van der Waals surface area contributed by atoms with Gasteiger partial charge in [0, 0.05) is 25.7 Å². The van der Waals surface area contributed by atoms with E-state index in [2.05, 4.69) is 53.5 Å². The number of nitrogens with zero attached hydrogens (tertiary/aromatic N) is 1. The van der Waals surface area contributed by atoms with Gasteiger partial charge < -0.3 is 11.1 Å². The number of benzene rings is 2. The van der Waals surface area contributed by atoms with Crippen LogP contribution in [0, 0.1) is 0 Å². The van der Waals surface area contributed by atoms with E-state index in [4.69, 9.17) is 5.73 Å². The fourth-order valence-electron chi connectivity index (χ4n) is 2.75. The van der Waals surface area contributed by atoms with Crippen molar-refractivity contribution in [3.05, 3.63) is 59.7 Å². The molecular formula is C17H21N3. The van der Waals surface area contributed by atoms with E-state index in [0.29, 0.717) is 6.04 Å². The largest absolute Gasteiger partial charge is 0.397 e. The van der Waals surface area contributed by atoms with Crippen molar-refractivity contribution in [2.24, 2.45) is 0 Å². The number of rotatable bonds is 2. The summed E-state index contributed by atoms with van der Waals surface area (Å²) in [4.78, 5) is 2.49. The average Bonchev–Trinajstić information content (AvgIpc) is 2.61. The molecule has 0 spiro atoms. The predicted molar refractivity (Wildman–Crippen MR) is 84.5 cm³/mol. The number of nitrogen functional groups attached to an aromatic ring is 1. The third kappa shape index (κ3) is 2.63. The lowest BCUT2D eigenvalue weighted by molar-refractivity contribution is 0.203. The van der Waals surface area contributed by atoms with Gasteiger partial charge in [-0.2, -0.15) is 0 Å². The van der Waals surface area contributed by atoms with Crippen LogP contribution >= 0.6 is 0 Å². The van der Waals surface area contributed by atoms with Gasteiger partial charge in [0.25, 0.3) is 0 Å². The van der Waals surface area contributed by atoms with E-state index >= 15 is 0 Å². The average molecular weight is 267 g/mol. The molecule has 3 nitrogen and oxygen atoms in total. The van der Waals surface area contributed by atoms with Crippen LogP contribution in [0.1, 0.15) is 18.1 Å². The minimum Gasteiger partial charge on any atom is -0.397 e. The molecular weight excluding hydrogens is 246 g/mol. The van der Waals surface area contributed by atoms with Crippen LogP contribution in [0.25, 0.3) is 0 Å². The van der Waals surface area contributed by atoms with Crippen LogP contribution in [0.3, 0.4) is 0 Å². The molecule has 0 bridgehead atoms. The molecule has 3 heteroatoms. The van der Waals surface area contributed by atoms with Crippen LogP contribution in [0.4, 0.5) is 11.4 Å². The summed E-state index contributed by atoms with van der Waals surface area (Å²) in [6, 6.07) is 17.3. The van der Waals surface area contributed by atoms with Gasteiger partial charge in [0.15, 0.2) is 0 Å². The van der Waals surface area contributed by atoms with E-state index in [1.165, 1.54) is 11.1 Å². The van der Waals surface area contributed by atoms with Crippen molar-refractivity contribution in [1.29, 1.82) is 0 Å². The SMILES string of the molecule is C[C@@H]1CNc2c(N)cccc2CN1Cc1ccccc1. The van der Waals surface area contributed by atoms with Crippen LogP contribution in [0.5, 0.6) is 0 Å². The second-order valence-corrected chi connectivity index (χ2v) is 5.50. The molecule has 0 unspecified atom stereocenters. The Kier molecular flexibility index (Phi) is 3.61. The summed E-state index contributed by atoms with van der Waals surface area (Å²) in [5, 5.41) is 3.49. The molecule has 0 radical (unpaired) electrons. The van der Waals surface area contributed by atoms with E-state index in [9.17, 15) is 0 Å². The van der Waals surface area contributed by atoms with Gasteiger partial charge in [0.2, 0.25) is 0 Å². The first kappa shape index (κ1) is 13.0. The standard InChI is InChI=1S/C17H21N3/c1-13-10-19-17-15(8-5-9-16(17)18)12-20(13)11-14-6-3-2-4-7-14/h2-9,13,19H,10-12,18H2,1H3/t13-/m1/s1. The summed E-state index contributed by atoms with van der Waals surface area (Å²) >= 11 is 0. The molecule has 0 aliphatic carbocycles. The molecule has 2 aromatic rings. The maximum atomic E-state index is 6.07. The first-order valence-corrected chi connectivity index (χ1v) is 7.13. The number of para-hydroxylation sites is 1. The molecule has 0 aromatic heterocycles. The number of nitrogens with one attached hydrogen (secondary N) is 1. The van der Waals surface area contributed by atoms with Crippen LogP contribution in [0.2, 0.25) is 0 Å². The number of anilines is 2. The highest BCUT2D eigenvalue weighted by Crippen LogP contribution is 2.28. The van der Waals surface area contributed by atoms with Crippen LogP contribution in [-0.4, -0.2) is 17.5 Å². The van der Waals surface area contributed by atoms with Crippen LogP contribution < -0.4 is 11.1 Å². The lowest BCUT2D eigenvalue weighted by Gasteiger charge is -2.26. The Labute approximate surface area is 120 Å². The molecule has 0 saturated carbocycles. The highest BCUT2D eigenvalue weighted by molar-refractivity contribution is 5.70. The minimum atomic E-state index is 0.474. The highest BCUT2D eigenvalue weighted by Gasteiger charge is 2.21. The zero-order valence-corrected chi connectivity index (χ0v) is 11.8. The van der Waals surface area contributed by atoms with Crippen molar-refractivity contribution in [2.45, 2.75) is 26.1 Å². The van der Waals surface area contributed by atoms with E-state index in [0.717, 1.165) is 31.0 Å². The van der Waals surface area contributed by atoms with Gasteiger partial charge in [-0.25, -0.2) is 0 Å². The van der Waals surface area contributed by atoms with Crippen molar-refractivity contribution >= 4 is 11.4 Å². The summed E-state index contributed by atoms with van der Waals surface area (Å²) in [5.41, 5.74) is 10.7. The summed E-state index contributed by atoms with van der Waals surface area (Å²) in [5.74, 6) is 0. The fourth-order valence-corrected chi connectivity index (χ4v) is 2.75. The number of hydrogen-bond donors (Lipinski definition) is 2. The van der Waals surface area contributed by atoms with E-state index < -0.39 is 0 Å². The normalized spacial score (nSPS) is 18.9. The Morgan fingerprint density at radius 3 is 2.75 bits per heavy atom. The molecule has 0 saturated heterocycles. The second kappa shape index (κ2) is 5.55. The first-order valence-electron chi connectivity index (χ1n) is 7.13. The fraction of sp³-hybridized carbons (Fsp3) is 0.294. The molecule has 1 aliphatic heterocycles. The molecule has 0 fully saturated rings. The van der Waals surface area contributed by atoms with Gasteiger partial charge in [-0.15, -0.1) is 0 Å². The lowest BCUT2D eigenvalue weighted by Crippen LogP contribution is -2.34. The molecule has 0 amide bonds. The smallest absolute Gasteiger partial charge is 0.0620 e. The van der Waals surface area contributed by atoms with Gasteiger partial charge in [0.1, 0.15) is 0 Å². The zero-order valence-electron chi connectivity index (χ0n) is 11.8. The van der Waals surface area contributed by atoms with E-state index in [1.807, 2.05) is 12.1 Å². The Morgan fingerprint density at radius 1 is 1.15 bits per heavy atom. The van der Waals surface area contributed by atoms with Crippen molar-refractivity contribution in [2.75, 3.05) is 17.6 Å². The van der Waals surface area contributed by atoms with Crippen molar-refractivity contribution in [3.63, 3.8) is 0 Å². The Balaban J connectivity index is 1.85. The van der Waals surface area contributed by atoms with Gasteiger partial charge in [0.05, 0.1) is 11.4 Å². The van der Waals surface area contributed by atoms with Gasteiger partial charge in [-0.1, -0.05) is 42.5 Å². The van der Waals surface area contributed by atoms with Crippen molar-refractivity contribution < 1.29 is 0 Å². The minimum absolute atomic E-state index is 0.474. The van der Waals surface area contributed by atoms with Crippen molar-refractivity contribution in [3.8, 4) is 0 Å². The van der Waals surface area contributed by atoms with E-state index in [-0.39, 0.29) is 0 Å². The molecule has 20 heavy (non-hydrogen) atoms. The third-order valence-electron chi connectivity index (χ3n) is 3.98. The molecule has 3 N–H and O–H groups in total. The second-order valence-electron chi connectivity index (χ2n) is 5.50. The molecule has 1 atom stereocenters. The van der Waals surface area contributed by atoms with Gasteiger partial charge >= 0.3 is 0 Å². The molecule has 3 rings (SSSR count). The summed E-state index contributed by atoms with van der Waals surface area (Å²) in [6.45, 7) is 5.09. The molecule has 2 aromatic carbocycles. The van der Waals surface area contributed by atoms with Crippen LogP contribution in [0.15, 0.2) is 48.5 Å². The molecule has 1 heterocycles. The topological polar surface area (TPSA) is 41.3 Å². The molecule has 1 aliphatic rings. The Hall–Kier alpha value is -2.00. The quantitative estimate of drug-likeness (QED) is 0.822. The molecule has 104 valence electrons. The first-order chi connectivity index (χ1) is 9.74. The monoisotopic (exact) mass is 267 g/mol. The summed E-state index contributed by atoms with van der Waals surface area (Å²) in [7, 11) is 0. The predicted octanol–water partition coefficient (Wildman–Crippen LogP) is 3.09. The zero-order chi connectivity index (χ0) is 13.9. The van der Waals surface area contributed by atoms with Crippen LogP contribution in [-0.2, 0) is 13.1 Å². The highest BCUT2D eigenvalue weighted by atomic mass is 15.2. The lowest BCUT2D eigenvalue weighted by atomic mass is 10.1. The third-order valence-corrected chi connectivity index (χ3v) is 3.98. The summed E-state index contributed by atoms with van der Waals surface area (Å²) in [6.07, 6.45) is 0. The summed E-state index contributed by atoms with van der Waals surface area (Å²) < 4.78 is 0. The number of nitrogens with two attached hydrogens (primary N) is 1.